The Morgan fingerprint density at radius 1 is 1.19 bits per heavy atom. The van der Waals surface area contributed by atoms with Gasteiger partial charge in [-0.25, -0.2) is 4.98 Å². The van der Waals surface area contributed by atoms with Crippen LogP contribution in [0.4, 0.5) is 0 Å². The van der Waals surface area contributed by atoms with Crippen molar-refractivity contribution < 1.29 is 9.59 Å². The van der Waals surface area contributed by atoms with Crippen molar-refractivity contribution in [2.45, 2.75) is 49.5 Å². The zero-order valence-corrected chi connectivity index (χ0v) is 15.3. The Labute approximate surface area is 158 Å². The molecule has 2 aromatic rings. The minimum absolute atomic E-state index is 0.00686. The van der Waals surface area contributed by atoms with E-state index in [1.807, 2.05) is 11.0 Å². The SMILES string of the molecule is O=C(NC1CC1)C1CC2(CCN(C(=O)c3cnc[nH]3)CC2)c2ccccc21. The van der Waals surface area contributed by atoms with E-state index < -0.39 is 0 Å². The number of piperidine rings is 1. The van der Waals surface area contributed by atoms with Gasteiger partial charge in [-0.15, -0.1) is 0 Å². The Balaban J connectivity index is 1.36. The van der Waals surface area contributed by atoms with Gasteiger partial charge < -0.3 is 15.2 Å². The van der Waals surface area contributed by atoms with Gasteiger partial charge in [0.15, 0.2) is 0 Å². The molecule has 1 unspecified atom stereocenters. The molecular weight excluding hydrogens is 340 g/mol. The van der Waals surface area contributed by atoms with Gasteiger partial charge >= 0.3 is 0 Å². The summed E-state index contributed by atoms with van der Waals surface area (Å²) in [5, 5.41) is 3.19. The molecule has 2 fully saturated rings. The first-order chi connectivity index (χ1) is 13.2. The fourth-order valence-corrected chi connectivity index (χ4v) is 4.81. The van der Waals surface area contributed by atoms with Crippen LogP contribution in [0.1, 0.15) is 59.6 Å². The van der Waals surface area contributed by atoms with Crippen LogP contribution in [0, 0.1) is 0 Å². The fourth-order valence-electron chi connectivity index (χ4n) is 4.81. The highest BCUT2D eigenvalue weighted by Crippen LogP contribution is 2.51. The van der Waals surface area contributed by atoms with Gasteiger partial charge in [0, 0.05) is 24.5 Å². The summed E-state index contributed by atoms with van der Waals surface area (Å²) >= 11 is 0. The van der Waals surface area contributed by atoms with E-state index in [0.29, 0.717) is 24.8 Å². The maximum atomic E-state index is 12.8. The summed E-state index contributed by atoms with van der Waals surface area (Å²) in [6.45, 7) is 1.42. The highest BCUT2D eigenvalue weighted by molar-refractivity contribution is 5.92. The van der Waals surface area contributed by atoms with Gasteiger partial charge in [0.05, 0.1) is 18.4 Å². The molecule has 3 aliphatic rings. The minimum Gasteiger partial charge on any atom is -0.353 e. The van der Waals surface area contributed by atoms with Crippen molar-refractivity contribution in [1.82, 2.24) is 20.2 Å². The number of imidazole rings is 1. The number of aromatic nitrogens is 2. The molecule has 0 radical (unpaired) electrons. The highest BCUT2D eigenvalue weighted by Gasteiger charge is 2.48. The lowest BCUT2D eigenvalue weighted by atomic mass is 9.73. The Hall–Kier alpha value is -2.63. The third kappa shape index (κ3) is 2.83. The van der Waals surface area contributed by atoms with E-state index in [9.17, 15) is 9.59 Å². The van der Waals surface area contributed by atoms with Crippen LogP contribution in [0.15, 0.2) is 36.8 Å². The number of aromatic amines is 1. The van der Waals surface area contributed by atoms with E-state index in [1.54, 1.807) is 6.20 Å². The van der Waals surface area contributed by atoms with Crippen LogP contribution in [0.2, 0.25) is 0 Å². The van der Waals surface area contributed by atoms with Gasteiger partial charge in [-0.05, 0) is 43.2 Å². The summed E-state index contributed by atoms with van der Waals surface area (Å²) in [7, 11) is 0. The van der Waals surface area contributed by atoms with E-state index >= 15 is 0 Å². The smallest absolute Gasteiger partial charge is 0.271 e. The van der Waals surface area contributed by atoms with Gasteiger partial charge in [-0.1, -0.05) is 24.3 Å². The van der Waals surface area contributed by atoms with Gasteiger partial charge in [0.1, 0.15) is 5.69 Å². The third-order valence-electron chi connectivity index (χ3n) is 6.48. The first-order valence-electron chi connectivity index (χ1n) is 9.84. The molecule has 6 nitrogen and oxygen atoms in total. The number of likely N-dealkylation sites (tertiary alicyclic amines) is 1. The van der Waals surface area contributed by atoms with E-state index in [2.05, 4.69) is 33.5 Å². The van der Waals surface area contributed by atoms with Crippen molar-refractivity contribution in [2.24, 2.45) is 0 Å². The highest BCUT2D eigenvalue weighted by atomic mass is 16.2. The molecule has 2 heterocycles. The molecule has 2 aliphatic carbocycles. The van der Waals surface area contributed by atoms with Gasteiger partial charge in [0.25, 0.3) is 5.91 Å². The summed E-state index contributed by atoms with van der Waals surface area (Å²) in [5.74, 6) is 0.131. The molecule has 1 saturated carbocycles. The predicted molar refractivity (Wildman–Crippen MR) is 100 cm³/mol. The van der Waals surface area contributed by atoms with Crippen LogP contribution in [0.25, 0.3) is 0 Å². The minimum atomic E-state index is -0.0586. The predicted octanol–water partition coefficient (Wildman–Crippen LogP) is 2.35. The first kappa shape index (κ1) is 16.5. The normalized spacial score (nSPS) is 23.3. The van der Waals surface area contributed by atoms with Crippen molar-refractivity contribution in [1.29, 1.82) is 0 Å². The molecule has 1 aromatic carbocycles. The molecule has 140 valence electrons. The molecule has 1 spiro atoms. The molecule has 27 heavy (non-hydrogen) atoms. The van der Waals surface area contributed by atoms with Crippen LogP contribution in [-0.4, -0.2) is 45.8 Å². The number of H-pyrrole nitrogens is 1. The second kappa shape index (κ2) is 6.22. The van der Waals surface area contributed by atoms with Crippen LogP contribution < -0.4 is 5.32 Å². The number of hydrogen-bond acceptors (Lipinski definition) is 3. The summed E-state index contributed by atoms with van der Waals surface area (Å²) in [5.41, 5.74) is 3.05. The topological polar surface area (TPSA) is 78.1 Å². The lowest BCUT2D eigenvalue weighted by Gasteiger charge is -2.40. The van der Waals surface area contributed by atoms with E-state index in [4.69, 9.17) is 0 Å². The van der Waals surface area contributed by atoms with Gasteiger partial charge in [0.2, 0.25) is 5.91 Å². The van der Waals surface area contributed by atoms with Crippen molar-refractivity contribution >= 4 is 11.8 Å². The third-order valence-corrected chi connectivity index (χ3v) is 6.48. The van der Waals surface area contributed by atoms with E-state index in [-0.39, 0.29) is 23.1 Å². The fraction of sp³-hybridized carbons (Fsp3) is 0.476. The number of carbonyl (C=O) groups is 2. The average Bonchev–Trinajstić information content (AvgIpc) is 3.23. The second-order valence-corrected chi connectivity index (χ2v) is 8.16. The van der Waals surface area contributed by atoms with Crippen LogP contribution in [-0.2, 0) is 10.2 Å². The molecule has 5 rings (SSSR count). The standard InChI is InChI=1S/C21H24N4O2/c26-19(24-14-5-6-14)16-11-21(17-4-2-1-3-15(16)17)7-9-25(10-8-21)20(27)18-12-22-13-23-18/h1-4,12-14,16H,5-11H2,(H,22,23)(H,24,26). The van der Waals surface area contributed by atoms with Gasteiger partial charge in [-0.3, -0.25) is 9.59 Å². The largest absolute Gasteiger partial charge is 0.353 e. The quantitative estimate of drug-likeness (QED) is 0.878. The van der Waals surface area contributed by atoms with Crippen molar-refractivity contribution in [3.05, 3.63) is 53.6 Å². The number of nitrogens with zero attached hydrogens (tertiary/aromatic N) is 2. The number of fused-ring (bicyclic) bond motifs is 2. The summed E-state index contributed by atoms with van der Waals surface area (Å²) in [6.07, 6.45) is 7.99. The second-order valence-electron chi connectivity index (χ2n) is 8.16. The van der Waals surface area contributed by atoms with Crippen molar-refractivity contribution in [3.63, 3.8) is 0 Å². The molecule has 2 amide bonds. The Bertz CT molecular complexity index is 864. The lowest BCUT2D eigenvalue weighted by molar-refractivity contribution is -0.123. The average molecular weight is 364 g/mol. The molecule has 2 N–H and O–H groups in total. The monoisotopic (exact) mass is 364 g/mol. The number of benzene rings is 1. The first-order valence-corrected chi connectivity index (χ1v) is 9.84. The number of nitrogens with one attached hydrogen (secondary N) is 2. The zero-order valence-electron chi connectivity index (χ0n) is 15.3. The molecule has 1 aromatic heterocycles. The molecular formula is C21H24N4O2. The Morgan fingerprint density at radius 2 is 1.96 bits per heavy atom. The number of rotatable bonds is 3. The van der Waals surface area contributed by atoms with Gasteiger partial charge in [-0.2, -0.15) is 0 Å². The van der Waals surface area contributed by atoms with E-state index in [0.717, 1.165) is 32.1 Å². The summed E-state index contributed by atoms with van der Waals surface area (Å²) in [4.78, 5) is 34.2. The number of hydrogen-bond donors (Lipinski definition) is 2. The molecule has 6 heteroatoms. The van der Waals surface area contributed by atoms with Crippen molar-refractivity contribution in [2.75, 3.05) is 13.1 Å². The molecule has 0 bridgehead atoms. The lowest BCUT2D eigenvalue weighted by Crippen LogP contribution is -2.44. The number of amides is 2. The Kier molecular flexibility index (Phi) is 3.81. The zero-order chi connectivity index (χ0) is 18.4. The Morgan fingerprint density at radius 3 is 2.67 bits per heavy atom. The molecule has 1 atom stereocenters. The van der Waals surface area contributed by atoms with Crippen LogP contribution >= 0.6 is 0 Å². The molecule has 1 saturated heterocycles. The van der Waals surface area contributed by atoms with Crippen molar-refractivity contribution in [3.8, 4) is 0 Å². The van der Waals surface area contributed by atoms with Crippen LogP contribution in [0.3, 0.4) is 0 Å². The number of carbonyl (C=O) groups excluding carboxylic acids is 2. The molecule has 1 aliphatic heterocycles. The summed E-state index contributed by atoms with van der Waals surface area (Å²) in [6, 6.07) is 8.79. The maximum absolute atomic E-state index is 12.8. The van der Waals surface area contributed by atoms with E-state index in [1.165, 1.54) is 17.5 Å². The summed E-state index contributed by atoms with van der Waals surface area (Å²) < 4.78 is 0. The maximum Gasteiger partial charge on any atom is 0.271 e. The van der Waals surface area contributed by atoms with Crippen LogP contribution in [0.5, 0.6) is 0 Å².